The van der Waals surface area contributed by atoms with Gasteiger partial charge in [-0.2, -0.15) is 0 Å². The van der Waals surface area contributed by atoms with Gasteiger partial charge in [0.15, 0.2) is 0 Å². The van der Waals surface area contributed by atoms with Gasteiger partial charge in [0.1, 0.15) is 18.1 Å². The number of hydrogen-bond donors (Lipinski definition) is 1. The highest BCUT2D eigenvalue weighted by molar-refractivity contribution is 5.47. The van der Waals surface area contributed by atoms with Crippen molar-refractivity contribution in [3.05, 3.63) is 90.0 Å². The van der Waals surface area contributed by atoms with Crippen molar-refractivity contribution in [3.63, 3.8) is 0 Å². The van der Waals surface area contributed by atoms with Crippen molar-refractivity contribution < 1.29 is 14.2 Å². The topological polar surface area (TPSA) is 39.7 Å². The molecule has 0 spiro atoms. The monoisotopic (exact) mass is 403 g/mol. The fraction of sp³-hybridized carbons (Fsp3) is 0.308. The first-order chi connectivity index (χ1) is 14.8. The van der Waals surface area contributed by atoms with Crippen molar-refractivity contribution in [1.82, 2.24) is 0 Å². The largest absolute Gasteiger partial charge is 0.493 e. The van der Waals surface area contributed by atoms with E-state index in [9.17, 15) is 0 Å². The molecule has 4 rings (SSSR count). The molecule has 1 atom stereocenters. The van der Waals surface area contributed by atoms with E-state index in [4.69, 9.17) is 14.2 Å². The van der Waals surface area contributed by atoms with Gasteiger partial charge in [-0.15, -0.1) is 0 Å². The molecule has 1 heterocycles. The van der Waals surface area contributed by atoms with Gasteiger partial charge in [-0.05, 0) is 60.4 Å². The lowest BCUT2D eigenvalue weighted by Crippen LogP contribution is -2.16. The third kappa shape index (κ3) is 6.26. The number of anilines is 1. The molecule has 1 aliphatic heterocycles. The summed E-state index contributed by atoms with van der Waals surface area (Å²) in [6, 6.07) is 26.8. The Kier molecular flexibility index (Phi) is 7.24. The van der Waals surface area contributed by atoms with Crippen LogP contribution in [0, 0.1) is 0 Å². The molecule has 4 nitrogen and oxygen atoms in total. The molecule has 1 fully saturated rings. The van der Waals surface area contributed by atoms with Crippen LogP contribution in [0.15, 0.2) is 78.9 Å². The summed E-state index contributed by atoms with van der Waals surface area (Å²) in [5, 5.41) is 3.45. The van der Waals surface area contributed by atoms with Crippen molar-refractivity contribution in [1.29, 1.82) is 0 Å². The van der Waals surface area contributed by atoms with E-state index < -0.39 is 0 Å². The van der Waals surface area contributed by atoms with E-state index in [1.807, 2.05) is 30.3 Å². The van der Waals surface area contributed by atoms with Gasteiger partial charge in [0, 0.05) is 25.3 Å². The van der Waals surface area contributed by atoms with Crippen molar-refractivity contribution in [3.8, 4) is 11.5 Å². The van der Waals surface area contributed by atoms with Crippen LogP contribution in [0.5, 0.6) is 11.5 Å². The van der Waals surface area contributed by atoms with Gasteiger partial charge in [-0.25, -0.2) is 0 Å². The summed E-state index contributed by atoms with van der Waals surface area (Å²) in [5.74, 6) is 1.79. The van der Waals surface area contributed by atoms with Gasteiger partial charge < -0.3 is 19.5 Å². The van der Waals surface area contributed by atoms with Crippen LogP contribution in [0.4, 0.5) is 5.69 Å². The maximum Gasteiger partial charge on any atom is 0.119 e. The van der Waals surface area contributed by atoms with Crippen molar-refractivity contribution in [2.24, 2.45) is 0 Å². The van der Waals surface area contributed by atoms with E-state index >= 15 is 0 Å². The molecule has 156 valence electrons. The van der Waals surface area contributed by atoms with Crippen LogP contribution < -0.4 is 14.8 Å². The molecule has 1 N–H and O–H groups in total. The van der Waals surface area contributed by atoms with Gasteiger partial charge in [0.05, 0.1) is 12.7 Å². The third-order valence-corrected chi connectivity index (χ3v) is 5.24. The Morgan fingerprint density at radius 2 is 1.53 bits per heavy atom. The molecule has 3 aromatic carbocycles. The first-order valence-electron chi connectivity index (χ1n) is 10.7. The quantitative estimate of drug-likeness (QED) is 0.487. The fourth-order valence-electron chi connectivity index (χ4n) is 3.47. The Hall–Kier alpha value is -2.98. The highest BCUT2D eigenvalue weighted by Gasteiger charge is 2.15. The number of ether oxygens (including phenoxy) is 3. The van der Waals surface area contributed by atoms with Gasteiger partial charge in [-0.3, -0.25) is 0 Å². The molecule has 0 aromatic heterocycles. The second kappa shape index (κ2) is 10.7. The average Bonchev–Trinajstić information content (AvgIpc) is 3.32. The Balaban J connectivity index is 1.18. The maximum atomic E-state index is 5.85. The number of nitrogens with one attached hydrogen (secondary N) is 1. The molecule has 1 aliphatic rings. The van der Waals surface area contributed by atoms with Crippen molar-refractivity contribution >= 4 is 5.69 Å². The Morgan fingerprint density at radius 1 is 0.800 bits per heavy atom. The predicted molar refractivity (Wildman–Crippen MR) is 120 cm³/mol. The number of rotatable bonds is 10. The van der Waals surface area contributed by atoms with E-state index in [0.717, 1.165) is 49.6 Å². The van der Waals surface area contributed by atoms with Crippen LogP contribution >= 0.6 is 0 Å². The predicted octanol–water partition coefficient (Wildman–Crippen LogP) is 5.48. The molecule has 30 heavy (non-hydrogen) atoms. The Bertz CT molecular complexity index is 872. The molecule has 0 radical (unpaired) electrons. The highest BCUT2D eigenvalue weighted by atomic mass is 16.5. The molecule has 1 unspecified atom stereocenters. The van der Waals surface area contributed by atoms with E-state index in [1.165, 1.54) is 11.1 Å². The zero-order valence-corrected chi connectivity index (χ0v) is 17.3. The Morgan fingerprint density at radius 3 is 2.27 bits per heavy atom. The third-order valence-electron chi connectivity index (χ3n) is 5.24. The summed E-state index contributed by atoms with van der Waals surface area (Å²) in [4.78, 5) is 0. The van der Waals surface area contributed by atoms with Gasteiger partial charge in [-0.1, -0.05) is 42.5 Å². The minimum Gasteiger partial charge on any atom is -0.493 e. The lowest BCUT2D eigenvalue weighted by Gasteiger charge is -2.12. The molecule has 3 aromatic rings. The van der Waals surface area contributed by atoms with E-state index in [1.54, 1.807) is 0 Å². The van der Waals surface area contributed by atoms with Crippen LogP contribution in [-0.2, 0) is 17.7 Å². The SMILES string of the molecule is c1ccc(CCOc2ccc(NCc3ccc(OCC4CCCO4)cc3)cc2)cc1. The van der Waals surface area contributed by atoms with Gasteiger partial charge in [0.2, 0.25) is 0 Å². The molecular weight excluding hydrogens is 374 g/mol. The minimum atomic E-state index is 0.247. The van der Waals surface area contributed by atoms with Crippen LogP contribution in [-0.4, -0.2) is 25.9 Å². The van der Waals surface area contributed by atoms with Crippen LogP contribution in [0.25, 0.3) is 0 Å². The first-order valence-corrected chi connectivity index (χ1v) is 10.7. The lowest BCUT2D eigenvalue weighted by atomic mass is 10.2. The standard InChI is InChI=1S/C26H29NO3/c1-2-5-21(6-3-1)16-18-29-24-14-10-23(11-15-24)27-19-22-8-12-25(13-9-22)30-20-26-7-4-17-28-26/h1-3,5-6,8-15,26-27H,4,7,16-20H2. The minimum absolute atomic E-state index is 0.247. The van der Waals surface area contributed by atoms with Crippen LogP contribution in [0.3, 0.4) is 0 Å². The summed E-state index contributed by atoms with van der Waals surface area (Å²) >= 11 is 0. The molecule has 0 bridgehead atoms. The van der Waals surface area contributed by atoms with E-state index in [0.29, 0.717) is 13.2 Å². The van der Waals surface area contributed by atoms with Crippen molar-refractivity contribution in [2.45, 2.75) is 31.9 Å². The molecule has 0 saturated carbocycles. The van der Waals surface area contributed by atoms with E-state index in [2.05, 4.69) is 53.8 Å². The molecular formula is C26H29NO3. The molecule has 0 aliphatic carbocycles. The maximum absolute atomic E-state index is 5.85. The van der Waals surface area contributed by atoms with Gasteiger partial charge in [0.25, 0.3) is 0 Å². The summed E-state index contributed by atoms with van der Waals surface area (Å²) in [5.41, 5.74) is 3.57. The van der Waals surface area contributed by atoms with E-state index in [-0.39, 0.29) is 6.10 Å². The average molecular weight is 404 g/mol. The fourth-order valence-corrected chi connectivity index (χ4v) is 3.47. The molecule has 0 amide bonds. The summed E-state index contributed by atoms with van der Waals surface area (Å²) in [6.45, 7) is 2.94. The highest BCUT2D eigenvalue weighted by Crippen LogP contribution is 2.19. The number of hydrogen-bond acceptors (Lipinski definition) is 4. The zero-order chi connectivity index (χ0) is 20.4. The normalized spacial score (nSPS) is 15.7. The zero-order valence-electron chi connectivity index (χ0n) is 17.3. The summed E-state index contributed by atoms with van der Waals surface area (Å²) in [6.07, 6.45) is 3.39. The van der Waals surface area contributed by atoms with Gasteiger partial charge >= 0.3 is 0 Å². The second-order valence-corrected chi connectivity index (χ2v) is 7.55. The first kappa shape index (κ1) is 20.3. The smallest absolute Gasteiger partial charge is 0.119 e. The second-order valence-electron chi connectivity index (χ2n) is 7.55. The van der Waals surface area contributed by atoms with Crippen LogP contribution in [0.1, 0.15) is 24.0 Å². The van der Waals surface area contributed by atoms with Crippen LogP contribution in [0.2, 0.25) is 0 Å². The Labute approximate surface area is 178 Å². The molecule has 1 saturated heterocycles. The summed E-state index contributed by atoms with van der Waals surface area (Å²) in [7, 11) is 0. The van der Waals surface area contributed by atoms with Crippen molar-refractivity contribution in [2.75, 3.05) is 25.1 Å². The lowest BCUT2D eigenvalue weighted by molar-refractivity contribution is 0.0679. The number of benzene rings is 3. The summed E-state index contributed by atoms with van der Waals surface area (Å²) < 4.78 is 17.3. The molecule has 4 heteroatoms.